The van der Waals surface area contributed by atoms with Gasteiger partial charge >= 0.3 is 5.97 Å². The average molecular weight is 336 g/mol. The molecule has 0 atom stereocenters. The number of nitrogens with zero attached hydrogens (tertiary/aromatic N) is 1. The Morgan fingerprint density at radius 3 is 2.25 bits per heavy atom. The number of hydrogen-bond donors (Lipinski definition) is 1. The molecule has 0 aromatic heterocycles. The minimum absolute atomic E-state index is 0.0621. The molecule has 0 radical (unpaired) electrons. The van der Waals surface area contributed by atoms with Gasteiger partial charge in [-0.3, -0.25) is 14.5 Å². The highest BCUT2D eigenvalue weighted by molar-refractivity contribution is 5.78. The molecule has 0 unspecified atom stereocenters. The topological polar surface area (TPSA) is 58.6 Å². The predicted molar refractivity (Wildman–Crippen MR) is 92.4 cm³/mol. The van der Waals surface area contributed by atoms with Gasteiger partial charge in [-0.1, -0.05) is 0 Å². The van der Waals surface area contributed by atoms with Crippen molar-refractivity contribution in [3.8, 4) is 0 Å². The minimum Gasteiger partial charge on any atom is -0.469 e. The Labute approximate surface area is 145 Å². The number of methoxy groups -OCH3 is 1. The zero-order valence-electron chi connectivity index (χ0n) is 15.2. The molecule has 0 aromatic carbocycles. The van der Waals surface area contributed by atoms with Gasteiger partial charge in [-0.05, 0) is 75.2 Å². The SMILES string of the molecule is COC(=O)CCCNC(=O)CN(C)CC12CC3CC(CC(C3)C1)C2. The van der Waals surface area contributed by atoms with Gasteiger partial charge in [-0.15, -0.1) is 0 Å². The first-order chi connectivity index (χ1) is 11.5. The standard InChI is InChI=1S/C19H32N2O3/c1-21(12-17(22)20-5-3-4-18(23)24-2)13-19-9-14-6-15(10-19)8-16(7-14)11-19/h14-16H,3-13H2,1-2H3,(H,20,22). The van der Waals surface area contributed by atoms with Crippen molar-refractivity contribution in [1.29, 1.82) is 0 Å². The average Bonchev–Trinajstić information content (AvgIpc) is 2.49. The monoisotopic (exact) mass is 336 g/mol. The highest BCUT2D eigenvalue weighted by atomic mass is 16.5. The zero-order valence-corrected chi connectivity index (χ0v) is 15.2. The summed E-state index contributed by atoms with van der Waals surface area (Å²) in [5, 5.41) is 2.91. The summed E-state index contributed by atoms with van der Waals surface area (Å²) >= 11 is 0. The number of likely N-dealkylation sites (N-methyl/N-ethyl adjacent to an activating group) is 1. The summed E-state index contributed by atoms with van der Waals surface area (Å²) in [5.74, 6) is 2.71. The van der Waals surface area contributed by atoms with E-state index >= 15 is 0 Å². The van der Waals surface area contributed by atoms with Crippen LogP contribution >= 0.6 is 0 Å². The number of hydrogen-bond acceptors (Lipinski definition) is 4. The van der Waals surface area contributed by atoms with E-state index in [1.807, 2.05) is 0 Å². The number of ether oxygens (including phenoxy) is 1. The van der Waals surface area contributed by atoms with Crippen molar-refractivity contribution in [2.45, 2.75) is 51.4 Å². The van der Waals surface area contributed by atoms with Gasteiger partial charge in [0.2, 0.25) is 5.91 Å². The van der Waals surface area contributed by atoms with Gasteiger partial charge in [0.15, 0.2) is 0 Å². The van der Waals surface area contributed by atoms with Gasteiger partial charge in [0.05, 0.1) is 13.7 Å². The van der Waals surface area contributed by atoms with E-state index in [1.165, 1.54) is 45.6 Å². The lowest BCUT2D eigenvalue weighted by Crippen LogP contribution is -2.51. The van der Waals surface area contributed by atoms with E-state index in [-0.39, 0.29) is 11.9 Å². The molecule has 4 aliphatic carbocycles. The van der Waals surface area contributed by atoms with E-state index in [1.54, 1.807) is 0 Å². The molecule has 5 nitrogen and oxygen atoms in total. The van der Waals surface area contributed by atoms with Crippen LogP contribution in [0.1, 0.15) is 51.4 Å². The molecule has 0 spiro atoms. The van der Waals surface area contributed by atoms with E-state index in [4.69, 9.17) is 0 Å². The van der Waals surface area contributed by atoms with Crippen LogP contribution < -0.4 is 5.32 Å². The number of rotatable bonds is 8. The maximum absolute atomic E-state index is 12.1. The third kappa shape index (κ3) is 4.29. The first-order valence-electron chi connectivity index (χ1n) is 9.50. The second kappa shape index (κ2) is 7.42. The Morgan fingerprint density at radius 1 is 1.12 bits per heavy atom. The first kappa shape index (κ1) is 17.7. The lowest BCUT2D eigenvalue weighted by molar-refractivity contribution is -0.140. The Balaban J connectivity index is 1.38. The van der Waals surface area contributed by atoms with Crippen LogP contribution in [0.15, 0.2) is 0 Å². The molecule has 0 saturated heterocycles. The van der Waals surface area contributed by atoms with Gasteiger partial charge in [0.25, 0.3) is 0 Å². The van der Waals surface area contributed by atoms with Crippen LogP contribution in [0, 0.1) is 23.2 Å². The van der Waals surface area contributed by atoms with E-state index in [9.17, 15) is 9.59 Å². The van der Waals surface area contributed by atoms with Crippen LogP contribution in [-0.2, 0) is 14.3 Å². The Morgan fingerprint density at radius 2 is 1.71 bits per heavy atom. The summed E-state index contributed by atoms with van der Waals surface area (Å²) < 4.78 is 4.60. The predicted octanol–water partition coefficient (Wildman–Crippen LogP) is 2.20. The number of carbonyl (C=O) groups is 2. The molecular weight excluding hydrogens is 304 g/mol. The third-order valence-electron chi connectivity index (χ3n) is 6.29. The number of esters is 1. The number of amides is 1. The maximum atomic E-state index is 12.1. The summed E-state index contributed by atoms with van der Waals surface area (Å²) in [5.41, 5.74) is 0.481. The maximum Gasteiger partial charge on any atom is 0.305 e. The van der Waals surface area contributed by atoms with Crippen molar-refractivity contribution in [2.75, 3.05) is 33.8 Å². The molecule has 5 heteroatoms. The quantitative estimate of drug-likeness (QED) is 0.545. The van der Waals surface area contributed by atoms with Crippen molar-refractivity contribution in [1.82, 2.24) is 10.2 Å². The van der Waals surface area contributed by atoms with Crippen LogP contribution in [0.2, 0.25) is 0 Å². The van der Waals surface area contributed by atoms with Crippen molar-refractivity contribution in [3.05, 3.63) is 0 Å². The van der Waals surface area contributed by atoms with Crippen molar-refractivity contribution in [3.63, 3.8) is 0 Å². The van der Waals surface area contributed by atoms with E-state index in [2.05, 4.69) is 22.0 Å². The highest BCUT2D eigenvalue weighted by Gasteiger charge is 2.50. The first-order valence-corrected chi connectivity index (χ1v) is 9.50. The Bertz CT molecular complexity index is 442. The Hall–Kier alpha value is -1.10. The lowest BCUT2D eigenvalue weighted by atomic mass is 9.49. The summed E-state index contributed by atoms with van der Waals surface area (Å²) in [6, 6.07) is 0. The molecule has 1 amide bonds. The van der Waals surface area contributed by atoms with Gasteiger partial charge in [0, 0.05) is 19.5 Å². The normalized spacial score (nSPS) is 33.7. The summed E-state index contributed by atoms with van der Waals surface area (Å²) in [6.45, 7) is 2.06. The lowest BCUT2D eigenvalue weighted by Gasteiger charge is -2.57. The number of carbonyl (C=O) groups excluding carboxylic acids is 2. The van der Waals surface area contributed by atoms with Crippen molar-refractivity contribution in [2.24, 2.45) is 23.2 Å². The second-order valence-electron chi connectivity index (χ2n) is 8.62. The summed E-state index contributed by atoms with van der Waals surface area (Å²) in [7, 11) is 3.47. The zero-order chi connectivity index (χ0) is 17.2. The van der Waals surface area contributed by atoms with E-state index in [0.717, 1.165) is 24.3 Å². The largest absolute Gasteiger partial charge is 0.469 e. The highest BCUT2D eigenvalue weighted by Crippen LogP contribution is 2.60. The van der Waals surface area contributed by atoms with Gasteiger partial charge in [-0.2, -0.15) is 0 Å². The smallest absolute Gasteiger partial charge is 0.305 e. The van der Waals surface area contributed by atoms with Crippen molar-refractivity contribution < 1.29 is 14.3 Å². The fraction of sp³-hybridized carbons (Fsp3) is 0.895. The van der Waals surface area contributed by atoms with Gasteiger partial charge in [0.1, 0.15) is 0 Å². The molecule has 4 aliphatic rings. The number of nitrogens with one attached hydrogen (secondary N) is 1. The van der Waals surface area contributed by atoms with Crippen molar-refractivity contribution >= 4 is 11.9 Å². The fourth-order valence-corrected chi connectivity index (χ4v) is 5.98. The van der Waals surface area contributed by atoms with Crippen LogP contribution in [0.4, 0.5) is 0 Å². The molecule has 4 rings (SSSR count). The van der Waals surface area contributed by atoms with Crippen LogP contribution in [0.3, 0.4) is 0 Å². The third-order valence-corrected chi connectivity index (χ3v) is 6.29. The molecule has 24 heavy (non-hydrogen) atoms. The molecule has 0 aliphatic heterocycles. The summed E-state index contributed by atoms with van der Waals surface area (Å²) in [4.78, 5) is 25.3. The van der Waals surface area contributed by atoms with E-state index < -0.39 is 0 Å². The van der Waals surface area contributed by atoms with E-state index in [0.29, 0.717) is 31.3 Å². The second-order valence-corrected chi connectivity index (χ2v) is 8.62. The molecular formula is C19H32N2O3. The summed E-state index contributed by atoms with van der Waals surface area (Å²) in [6.07, 6.45) is 9.52. The molecule has 136 valence electrons. The van der Waals surface area contributed by atoms with Crippen LogP contribution in [0.5, 0.6) is 0 Å². The molecule has 4 bridgehead atoms. The molecule has 4 fully saturated rings. The minimum atomic E-state index is -0.219. The molecule has 0 heterocycles. The molecule has 4 saturated carbocycles. The van der Waals surface area contributed by atoms with Crippen LogP contribution in [-0.4, -0.2) is 50.6 Å². The van der Waals surface area contributed by atoms with Crippen LogP contribution in [0.25, 0.3) is 0 Å². The van der Waals surface area contributed by atoms with Gasteiger partial charge < -0.3 is 10.1 Å². The Kier molecular flexibility index (Phi) is 5.48. The molecule has 1 N–H and O–H groups in total. The fourth-order valence-electron chi connectivity index (χ4n) is 5.98. The van der Waals surface area contributed by atoms with Gasteiger partial charge in [-0.25, -0.2) is 0 Å². The molecule has 0 aromatic rings.